The summed E-state index contributed by atoms with van der Waals surface area (Å²) in [5, 5.41) is 0.101. The van der Waals surface area contributed by atoms with E-state index in [1.807, 2.05) is 6.92 Å². The quantitative estimate of drug-likeness (QED) is 0.379. The van der Waals surface area contributed by atoms with Gasteiger partial charge in [0.1, 0.15) is 6.10 Å². The third-order valence-corrected chi connectivity index (χ3v) is 9.33. The second-order valence-electron chi connectivity index (χ2n) is 7.98. The lowest BCUT2D eigenvalue weighted by Crippen LogP contribution is -2.44. The van der Waals surface area contributed by atoms with Crippen LogP contribution >= 0.6 is 0 Å². The van der Waals surface area contributed by atoms with Crippen molar-refractivity contribution in [2.24, 2.45) is 0 Å². The Morgan fingerprint density at radius 1 is 1.32 bits per heavy atom. The minimum Gasteiger partial charge on any atom is -0.463 e. The minimum absolute atomic E-state index is 0.0841. The summed E-state index contributed by atoms with van der Waals surface area (Å²) in [6, 6.07) is 0. The van der Waals surface area contributed by atoms with E-state index < -0.39 is 32.6 Å². The lowest BCUT2D eigenvalue weighted by molar-refractivity contribution is -0.138. The van der Waals surface area contributed by atoms with Crippen LogP contribution in [0.3, 0.4) is 0 Å². The summed E-state index contributed by atoms with van der Waals surface area (Å²) in [4.78, 5) is 23.3. The van der Waals surface area contributed by atoms with Gasteiger partial charge in [0.15, 0.2) is 14.4 Å². The Hall–Kier alpha value is -1.34. The van der Waals surface area contributed by atoms with E-state index in [9.17, 15) is 9.59 Å². The molecule has 1 heterocycles. The van der Waals surface area contributed by atoms with Crippen LogP contribution in [0.1, 0.15) is 48.0 Å². The molecule has 0 saturated carbocycles. The fraction of sp³-hybridized carbons (Fsp3) is 0.778. The SMILES string of the molecule is CCOC(=O)/C(C)=C/[C@@H]1OC(=O)O[C@H]1C[C@H](C)O[Si](C)(C)C(C)(C)C. The van der Waals surface area contributed by atoms with Crippen LogP contribution in [0, 0.1) is 0 Å². The van der Waals surface area contributed by atoms with Crippen LogP contribution in [-0.2, 0) is 23.4 Å². The van der Waals surface area contributed by atoms with Crippen LogP contribution in [0.2, 0.25) is 18.1 Å². The molecule has 0 aromatic carbocycles. The fourth-order valence-corrected chi connectivity index (χ4v) is 3.80. The molecule has 0 aromatic heterocycles. The second-order valence-corrected chi connectivity index (χ2v) is 12.7. The normalized spacial score (nSPS) is 23.0. The molecule has 0 amide bonds. The zero-order valence-corrected chi connectivity index (χ0v) is 17.7. The van der Waals surface area contributed by atoms with Crippen molar-refractivity contribution in [1.29, 1.82) is 0 Å². The van der Waals surface area contributed by atoms with Gasteiger partial charge < -0.3 is 18.6 Å². The molecular weight excluding hydrogens is 340 g/mol. The van der Waals surface area contributed by atoms with Gasteiger partial charge in [0, 0.05) is 18.1 Å². The van der Waals surface area contributed by atoms with Crippen molar-refractivity contribution in [3.8, 4) is 0 Å². The summed E-state index contributed by atoms with van der Waals surface area (Å²) in [5.74, 6) is -0.422. The van der Waals surface area contributed by atoms with Gasteiger partial charge in [-0.2, -0.15) is 0 Å². The number of hydrogen-bond donors (Lipinski definition) is 0. The maximum Gasteiger partial charge on any atom is 0.509 e. The molecule has 7 heteroatoms. The Labute approximate surface area is 152 Å². The molecule has 0 bridgehead atoms. The van der Waals surface area contributed by atoms with Crippen molar-refractivity contribution in [3.05, 3.63) is 11.6 Å². The van der Waals surface area contributed by atoms with Crippen molar-refractivity contribution in [2.45, 2.75) is 84.4 Å². The van der Waals surface area contributed by atoms with E-state index in [1.165, 1.54) is 0 Å². The largest absolute Gasteiger partial charge is 0.509 e. The Bertz CT molecular complexity index is 520. The third-order valence-electron chi connectivity index (χ3n) is 4.72. The van der Waals surface area contributed by atoms with Gasteiger partial charge in [0.2, 0.25) is 0 Å². The Balaban J connectivity index is 2.77. The highest BCUT2D eigenvalue weighted by molar-refractivity contribution is 6.74. The monoisotopic (exact) mass is 372 g/mol. The molecule has 1 fully saturated rings. The summed E-state index contributed by atoms with van der Waals surface area (Å²) >= 11 is 0. The number of cyclic esters (lactones) is 2. The van der Waals surface area contributed by atoms with E-state index in [2.05, 4.69) is 33.9 Å². The lowest BCUT2D eigenvalue weighted by Gasteiger charge is -2.38. The Morgan fingerprint density at radius 2 is 1.92 bits per heavy atom. The average molecular weight is 373 g/mol. The number of rotatable bonds is 7. The highest BCUT2D eigenvalue weighted by Gasteiger charge is 2.41. The molecule has 0 spiro atoms. The van der Waals surface area contributed by atoms with Crippen LogP contribution in [0.15, 0.2) is 11.6 Å². The highest BCUT2D eigenvalue weighted by atomic mass is 28.4. The van der Waals surface area contributed by atoms with Gasteiger partial charge >= 0.3 is 12.1 Å². The van der Waals surface area contributed by atoms with Gasteiger partial charge in [-0.1, -0.05) is 20.8 Å². The number of hydrogen-bond acceptors (Lipinski definition) is 6. The van der Waals surface area contributed by atoms with Gasteiger partial charge in [-0.05, 0) is 45.0 Å². The first-order valence-electron chi connectivity index (χ1n) is 8.78. The maximum atomic E-state index is 11.7. The van der Waals surface area contributed by atoms with E-state index in [0.717, 1.165) is 0 Å². The van der Waals surface area contributed by atoms with E-state index in [4.69, 9.17) is 18.6 Å². The summed E-state index contributed by atoms with van der Waals surface area (Å²) in [6.07, 6.45) is 0.211. The van der Waals surface area contributed by atoms with Gasteiger partial charge in [-0.3, -0.25) is 0 Å². The molecule has 1 aliphatic rings. The van der Waals surface area contributed by atoms with Crippen LogP contribution < -0.4 is 0 Å². The first kappa shape index (κ1) is 21.7. The predicted octanol–water partition coefficient (Wildman–Crippen LogP) is 4.20. The fourth-order valence-electron chi connectivity index (χ4n) is 2.34. The molecule has 0 aromatic rings. The lowest BCUT2D eigenvalue weighted by atomic mass is 10.1. The molecule has 1 rings (SSSR count). The smallest absolute Gasteiger partial charge is 0.463 e. The van der Waals surface area contributed by atoms with Gasteiger partial charge in [-0.25, -0.2) is 9.59 Å². The summed E-state index contributed by atoms with van der Waals surface area (Å²) in [5.41, 5.74) is 0.396. The van der Waals surface area contributed by atoms with Crippen LogP contribution in [0.5, 0.6) is 0 Å². The van der Waals surface area contributed by atoms with Crippen LogP contribution in [0.25, 0.3) is 0 Å². The van der Waals surface area contributed by atoms with Crippen molar-refractivity contribution >= 4 is 20.4 Å². The molecule has 0 aliphatic carbocycles. The van der Waals surface area contributed by atoms with E-state index in [-0.39, 0.29) is 11.1 Å². The van der Waals surface area contributed by atoms with Gasteiger partial charge in [0.05, 0.1) is 6.61 Å². The molecule has 1 aliphatic heterocycles. The number of ether oxygens (including phenoxy) is 3. The molecule has 3 atom stereocenters. The molecule has 0 N–H and O–H groups in total. The average Bonchev–Trinajstić information content (AvgIpc) is 2.76. The maximum absolute atomic E-state index is 11.7. The summed E-state index contributed by atoms with van der Waals surface area (Å²) in [6.45, 7) is 16.6. The van der Waals surface area contributed by atoms with Crippen molar-refractivity contribution in [2.75, 3.05) is 6.61 Å². The summed E-state index contributed by atoms with van der Waals surface area (Å²) in [7, 11) is -1.91. The Morgan fingerprint density at radius 3 is 2.44 bits per heavy atom. The Kier molecular flexibility index (Phi) is 7.25. The zero-order chi connectivity index (χ0) is 19.4. The topological polar surface area (TPSA) is 71.1 Å². The molecule has 0 unspecified atom stereocenters. The van der Waals surface area contributed by atoms with Gasteiger partial charge in [0.25, 0.3) is 0 Å². The molecule has 25 heavy (non-hydrogen) atoms. The van der Waals surface area contributed by atoms with Crippen LogP contribution in [-0.4, -0.2) is 45.4 Å². The number of carbonyl (C=O) groups excluding carboxylic acids is 2. The second kappa shape index (κ2) is 8.36. The standard InChI is InChI=1S/C18H32O6Si/c1-9-21-16(19)12(2)10-14-15(23-17(20)22-14)11-13(3)24-25(7,8)18(4,5)6/h10,13-15H,9,11H2,1-8H3/b12-10+/t13-,14-,15-/m0/s1. The number of carbonyl (C=O) groups is 2. The van der Waals surface area contributed by atoms with Crippen molar-refractivity contribution < 1.29 is 28.2 Å². The van der Waals surface area contributed by atoms with Crippen molar-refractivity contribution in [1.82, 2.24) is 0 Å². The third kappa shape index (κ3) is 6.15. The van der Waals surface area contributed by atoms with E-state index >= 15 is 0 Å². The summed E-state index contributed by atoms with van der Waals surface area (Å²) < 4.78 is 21.7. The van der Waals surface area contributed by atoms with Gasteiger partial charge in [-0.15, -0.1) is 0 Å². The van der Waals surface area contributed by atoms with E-state index in [0.29, 0.717) is 18.6 Å². The van der Waals surface area contributed by atoms with E-state index in [1.54, 1.807) is 19.9 Å². The molecule has 6 nitrogen and oxygen atoms in total. The van der Waals surface area contributed by atoms with Crippen molar-refractivity contribution in [3.63, 3.8) is 0 Å². The minimum atomic E-state index is -1.91. The highest BCUT2D eigenvalue weighted by Crippen LogP contribution is 2.38. The number of esters is 1. The first-order chi connectivity index (χ1) is 11.4. The first-order valence-corrected chi connectivity index (χ1v) is 11.7. The molecular formula is C18H32O6Si. The molecule has 1 saturated heterocycles. The predicted molar refractivity (Wildman–Crippen MR) is 97.9 cm³/mol. The molecule has 0 radical (unpaired) electrons. The zero-order valence-electron chi connectivity index (χ0n) is 16.7. The van der Waals surface area contributed by atoms with Crippen LogP contribution in [0.4, 0.5) is 4.79 Å². The molecule has 144 valence electrons.